The van der Waals surface area contributed by atoms with Gasteiger partial charge in [0.2, 0.25) is 15.9 Å². The zero-order chi connectivity index (χ0) is 22.1. The van der Waals surface area contributed by atoms with Crippen LogP contribution in [0.1, 0.15) is 42.5 Å². The van der Waals surface area contributed by atoms with Crippen LogP contribution in [0.15, 0.2) is 48.5 Å². The molecule has 9 heteroatoms. The maximum Gasteiger partial charge on any atom is 0.416 e. The van der Waals surface area contributed by atoms with Gasteiger partial charge in [0.15, 0.2) is 0 Å². The van der Waals surface area contributed by atoms with Crippen LogP contribution in [-0.4, -0.2) is 26.6 Å². The van der Waals surface area contributed by atoms with Gasteiger partial charge in [-0.05, 0) is 55.5 Å². The van der Waals surface area contributed by atoms with E-state index in [9.17, 15) is 26.4 Å². The molecule has 2 aromatic rings. The smallest absolute Gasteiger partial charge is 0.347 e. The summed E-state index contributed by atoms with van der Waals surface area (Å²) in [6.45, 7) is 1.37. The number of amides is 1. The Balaban J connectivity index is 1.89. The summed E-state index contributed by atoms with van der Waals surface area (Å²) in [5, 5.41) is 2.87. The SMILES string of the molecule is CC(C(=O)NC1CCCc2ccccc21)N(c1cccc(C(F)(F)F)c1)S(C)(=O)=O. The second kappa shape index (κ2) is 8.29. The second-order valence-corrected chi connectivity index (χ2v) is 9.29. The molecule has 30 heavy (non-hydrogen) atoms. The van der Waals surface area contributed by atoms with E-state index in [-0.39, 0.29) is 11.7 Å². The van der Waals surface area contributed by atoms with Crippen molar-refractivity contribution in [3.8, 4) is 0 Å². The number of sulfonamides is 1. The summed E-state index contributed by atoms with van der Waals surface area (Å²) in [7, 11) is -4.02. The molecule has 0 radical (unpaired) electrons. The first-order chi connectivity index (χ1) is 14.0. The van der Waals surface area contributed by atoms with Gasteiger partial charge < -0.3 is 5.32 Å². The minimum Gasteiger partial charge on any atom is -0.347 e. The van der Waals surface area contributed by atoms with E-state index in [1.54, 1.807) is 0 Å². The number of carbonyl (C=O) groups excluding carboxylic acids is 1. The predicted molar refractivity (Wildman–Crippen MR) is 108 cm³/mol. The number of aryl methyl sites for hydroxylation is 1. The van der Waals surface area contributed by atoms with Crippen molar-refractivity contribution in [2.75, 3.05) is 10.6 Å². The van der Waals surface area contributed by atoms with Crippen LogP contribution in [0, 0.1) is 0 Å². The van der Waals surface area contributed by atoms with Crippen LogP contribution in [0.3, 0.4) is 0 Å². The van der Waals surface area contributed by atoms with Crippen molar-refractivity contribution < 1.29 is 26.4 Å². The van der Waals surface area contributed by atoms with E-state index < -0.39 is 33.7 Å². The fraction of sp³-hybridized carbons (Fsp3) is 0.381. The lowest BCUT2D eigenvalue weighted by atomic mass is 9.87. The monoisotopic (exact) mass is 440 g/mol. The van der Waals surface area contributed by atoms with E-state index in [0.717, 1.165) is 52.7 Å². The van der Waals surface area contributed by atoms with E-state index in [1.807, 2.05) is 24.3 Å². The van der Waals surface area contributed by atoms with E-state index in [0.29, 0.717) is 6.42 Å². The molecule has 2 aromatic carbocycles. The van der Waals surface area contributed by atoms with Gasteiger partial charge in [-0.25, -0.2) is 8.42 Å². The molecule has 0 aromatic heterocycles. The van der Waals surface area contributed by atoms with Crippen LogP contribution in [0.2, 0.25) is 0 Å². The molecule has 0 saturated carbocycles. The maximum atomic E-state index is 13.1. The zero-order valence-electron chi connectivity index (χ0n) is 16.6. The first-order valence-electron chi connectivity index (χ1n) is 9.53. The quantitative estimate of drug-likeness (QED) is 0.763. The number of alkyl halides is 3. The van der Waals surface area contributed by atoms with Crippen LogP contribution in [0.25, 0.3) is 0 Å². The topological polar surface area (TPSA) is 66.5 Å². The van der Waals surface area contributed by atoms with E-state index in [1.165, 1.54) is 13.0 Å². The average Bonchev–Trinajstić information content (AvgIpc) is 2.67. The largest absolute Gasteiger partial charge is 0.416 e. The van der Waals surface area contributed by atoms with Crippen LogP contribution < -0.4 is 9.62 Å². The Bertz CT molecular complexity index is 1040. The van der Waals surface area contributed by atoms with Crippen molar-refractivity contribution >= 4 is 21.6 Å². The molecular weight excluding hydrogens is 417 g/mol. The number of rotatable bonds is 5. The molecule has 0 aliphatic heterocycles. The summed E-state index contributed by atoms with van der Waals surface area (Å²) < 4.78 is 64.8. The number of fused-ring (bicyclic) bond motifs is 1. The van der Waals surface area contributed by atoms with Crippen molar-refractivity contribution in [2.24, 2.45) is 0 Å². The zero-order valence-corrected chi connectivity index (χ0v) is 17.4. The summed E-state index contributed by atoms with van der Waals surface area (Å²) in [4.78, 5) is 12.9. The van der Waals surface area contributed by atoms with Gasteiger partial charge in [-0.2, -0.15) is 13.2 Å². The van der Waals surface area contributed by atoms with Gasteiger partial charge in [0.1, 0.15) is 6.04 Å². The molecule has 2 atom stereocenters. The van der Waals surface area contributed by atoms with E-state index in [4.69, 9.17) is 0 Å². The number of hydrogen-bond acceptors (Lipinski definition) is 3. The summed E-state index contributed by atoms with van der Waals surface area (Å²) >= 11 is 0. The summed E-state index contributed by atoms with van der Waals surface area (Å²) in [5.41, 5.74) is 0.912. The van der Waals surface area contributed by atoms with Gasteiger partial charge in [0.05, 0.1) is 23.5 Å². The molecular formula is C21H23F3N2O3S. The Labute approximate surface area is 173 Å². The molecule has 3 rings (SSSR count). The average molecular weight is 440 g/mol. The Kier molecular flexibility index (Phi) is 6.12. The van der Waals surface area contributed by atoms with Crippen LogP contribution in [-0.2, 0) is 27.4 Å². The highest BCUT2D eigenvalue weighted by Gasteiger charge is 2.35. The van der Waals surface area contributed by atoms with Gasteiger partial charge in [-0.3, -0.25) is 9.10 Å². The number of benzene rings is 2. The van der Waals surface area contributed by atoms with Crippen molar-refractivity contribution in [1.29, 1.82) is 0 Å². The summed E-state index contributed by atoms with van der Waals surface area (Å²) in [6.07, 6.45) is -1.28. The molecule has 0 bridgehead atoms. The second-order valence-electron chi connectivity index (χ2n) is 7.44. The third-order valence-electron chi connectivity index (χ3n) is 5.20. The third kappa shape index (κ3) is 4.77. The lowest BCUT2D eigenvalue weighted by molar-refractivity contribution is -0.137. The fourth-order valence-corrected chi connectivity index (χ4v) is 4.99. The normalized spacial score (nSPS) is 17.7. The number of halogens is 3. The molecule has 5 nitrogen and oxygen atoms in total. The van der Waals surface area contributed by atoms with E-state index >= 15 is 0 Å². The van der Waals surface area contributed by atoms with Gasteiger partial charge >= 0.3 is 6.18 Å². The molecule has 162 valence electrons. The molecule has 1 aliphatic carbocycles. The number of nitrogens with zero attached hydrogens (tertiary/aromatic N) is 1. The predicted octanol–water partition coefficient (Wildman–Crippen LogP) is 4.05. The first kappa shape index (κ1) is 22.1. The van der Waals surface area contributed by atoms with Gasteiger partial charge in [0.25, 0.3) is 0 Å². The Morgan fingerprint density at radius 1 is 1.17 bits per heavy atom. The summed E-state index contributed by atoms with van der Waals surface area (Å²) in [6, 6.07) is 10.2. The van der Waals surface area contributed by atoms with Crippen molar-refractivity contribution in [1.82, 2.24) is 5.32 Å². The molecule has 1 amide bonds. The molecule has 0 fully saturated rings. The standard InChI is InChI=1S/C21H23F3N2O3S/c1-14(20(27)25-19-12-5-8-15-7-3-4-11-18(15)19)26(30(2,28)29)17-10-6-9-16(13-17)21(22,23)24/h3-4,6-7,9-11,13-14,19H,5,8,12H2,1-2H3,(H,25,27). The van der Waals surface area contributed by atoms with Crippen LogP contribution in [0.4, 0.5) is 18.9 Å². The van der Waals surface area contributed by atoms with Gasteiger partial charge in [-0.1, -0.05) is 30.3 Å². The highest BCUT2D eigenvalue weighted by Crippen LogP contribution is 2.33. The van der Waals surface area contributed by atoms with Crippen molar-refractivity contribution in [2.45, 2.75) is 44.4 Å². The fourth-order valence-electron chi connectivity index (χ4n) is 3.82. The molecule has 1 aliphatic rings. The molecule has 0 saturated heterocycles. The lowest BCUT2D eigenvalue weighted by Crippen LogP contribution is -2.49. The highest BCUT2D eigenvalue weighted by atomic mass is 32.2. The first-order valence-corrected chi connectivity index (χ1v) is 11.4. The van der Waals surface area contributed by atoms with Crippen molar-refractivity contribution in [3.63, 3.8) is 0 Å². The highest BCUT2D eigenvalue weighted by molar-refractivity contribution is 7.92. The minimum atomic E-state index is -4.63. The summed E-state index contributed by atoms with van der Waals surface area (Å²) in [5.74, 6) is -0.570. The molecule has 2 unspecified atom stereocenters. The Morgan fingerprint density at radius 2 is 1.87 bits per heavy atom. The number of carbonyl (C=O) groups is 1. The minimum absolute atomic E-state index is 0.209. The number of anilines is 1. The lowest BCUT2D eigenvalue weighted by Gasteiger charge is -2.32. The van der Waals surface area contributed by atoms with E-state index in [2.05, 4.69) is 5.32 Å². The maximum absolute atomic E-state index is 13.1. The van der Waals surface area contributed by atoms with Gasteiger partial charge in [-0.15, -0.1) is 0 Å². The van der Waals surface area contributed by atoms with Gasteiger partial charge in [0, 0.05) is 0 Å². The Morgan fingerprint density at radius 3 is 2.53 bits per heavy atom. The molecule has 0 spiro atoms. The van der Waals surface area contributed by atoms with Crippen LogP contribution >= 0.6 is 0 Å². The molecule has 1 N–H and O–H groups in total. The number of nitrogens with one attached hydrogen (secondary N) is 1. The molecule has 0 heterocycles. The van der Waals surface area contributed by atoms with Crippen molar-refractivity contribution in [3.05, 3.63) is 65.2 Å². The third-order valence-corrected chi connectivity index (χ3v) is 6.44. The Hall–Kier alpha value is -2.55. The number of hydrogen-bond donors (Lipinski definition) is 1. The van der Waals surface area contributed by atoms with Crippen LogP contribution in [0.5, 0.6) is 0 Å².